The number of imidazole rings is 1. The normalized spacial score (nSPS) is 10.4. The van der Waals surface area contributed by atoms with Gasteiger partial charge in [-0.15, -0.1) is 0 Å². The van der Waals surface area contributed by atoms with Gasteiger partial charge >= 0.3 is 0 Å². The summed E-state index contributed by atoms with van der Waals surface area (Å²) < 4.78 is 29.0. The van der Waals surface area contributed by atoms with E-state index in [0.29, 0.717) is 19.5 Å². The highest BCUT2D eigenvalue weighted by Crippen LogP contribution is 2.20. The number of nitrogens with one attached hydrogen (secondary N) is 2. The van der Waals surface area contributed by atoms with Crippen LogP contribution in [0.25, 0.3) is 0 Å². The van der Waals surface area contributed by atoms with E-state index >= 15 is 0 Å². The van der Waals surface area contributed by atoms with Crippen molar-refractivity contribution in [3.63, 3.8) is 0 Å². The van der Waals surface area contributed by atoms with Crippen LogP contribution in [0.3, 0.4) is 0 Å². The number of amides is 1. The molecular weight excluding hydrogens is 278 g/mol. The van der Waals surface area contributed by atoms with Crippen LogP contribution < -0.4 is 10.6 Å². The molecule has 0 spiro atoms. The van der Waals surface area contributed by atoms with Crippen molar-refractivity contribution < 1.29 is 13.6 Å². The Morgan fingerprint density at radius 2 is 2.05 bits per heavy atom. The minimum absolute atomic E-state index is 0.0355. The molecule has 7 heteroatoms. The van der Waals surface area contributed by atoms with Crippen LogP contribution in [0.5, 0.6) is 0 Å². The van der Waals surface area contributed by atoms with Gasteiger partial charge in [0.05, 0.1) is 6.33 Å². The molecule has 2 N–H and O–H groups in total. The molecule has 2 rings (SSSR count). The van der Waals surface area contributed by atoms with Crippen molar-refractivity contribution in [1.29, 1.82) is 0 Å². The van der Waals surface area contributed by atoms with E-state index in [1.165, 1.54) is 7.05 Å². The highest BCUT2D eigenvalue weighted by atomic mass is 19.1. The van der Waals surface area contributed by atoms with E-state index in [9.17, 15) is 13.6 Å². The molecule has 1 amide bonds. The molecule has 0 saturated heterocycles. The quantitative estimate of drug-likeness (QED) is 0.801. The zero-order valence-electron chi connectivity index (χ0n) is 11.6. The molecule has 0 fully saturated rings. The summed E-state index contributed by atoms with van der Waals surface area (Å²) in [6.07, 6.45) is 5.88. The lowest BCUT2D eigenvalue weighted by molar-refractivity contribution is 0.0952. The molecule has 1 aromatic carbocycles. The summed E-state index contributed by atoms with van der Waals surface area (Å²) in [4.78, 5) is 15.7. The summed E-state index contributed by atoms with van der Waals surface area (Å²) in [6, 6.07) is 2.03. The first-order valence-electron chi connectivity index (χ1n) is 6.52. The average Bonchev–Trinajstić information content (AvgIpc) is 2.96. The van der Waals surface area contributed by atoms with Crippen molar-refractivity contribution in [2.24, 2.45) is 0 Å². The van der Waals surface area contributed by atoms with Crippen LogP contribution in [0.1, 0.15) is 16.8 Å². The number of halogens is 2. The maximum Gasteiger partial charge on any atom is 0.251 e. The van der Waals surface area contributed by atoms with Gasteiger partial charge in [0.15, 0.2) is 0 Å². The van der Waals surface area contributed by atoms with Gasteiger partial charge in [0.2, 0.25) is 0 Å². The number of carbonyl (C=O) groups is 1. The van der Waals surface area contributed by atoms with Gasteiger partial charge in [-0.1, -0.05) is 0 Å². The maximum absolute atomic E-state index is 13.6. The van der Waals surface area contributed by atoms with Gasteiger partial charge in [-0.05, 0) is 18.6 Å². The van der Waals surface area contributed by atoms with Crippen LogP contribution in [-0.4, -0.2) is 29.1 Å². The Labute approximate surface area is 121 Å². The van der Waals surface area contributed by atoms with Crippen LogP contribution in [0.15, 0.2) is 30.9 Å². The van der Waals surface area contributed by atoms with Gasteiger partial charge < -0.3 is 15.2 Å². The number of aryl methyl sites for hydroxylation is 1. The topological polar surface area (TPSA) is 59.0 Å². The summed E-state index contributed by atoms with van der Waals surface area (Å²) in [7, 11) is 1.41. The third-order valence-corrected chi connectivity index (χ3v) is 2.99. The zero-order chi connectivity index (χ0) is 15.2. The van der Waals surface area contributed by atoms with Crippen LogP contribution in [0, 0.1) is 11.6 Å². The van der Waals surface area contributed by atoms with Crippen molar-refractivity contribution in [2.75, 3.05) is 18.9 Å². The smallest absolute Gasteiger partial charge is 0.251 e. The third kappa shape index (κ3) is 3.77. The van der Waals surface area contributed by atoms with E-state index in [1.54, 1.807) is 12.5 Å². The van der Waals surface area contributed by atoms with Crippen molar-refractivity contribution in [1.82, 2.24) is 14.9 Å². The van der Waals surface area contributed by atoms with Crippen molar-refractivity contribution >= 4 is 11.6 Å². The fourth-order valence-corrected chi connectivity index (χ4v) is 1.93. The fourth-order valence-electron chi connectivity index (χ4n) is 1.93. The van der Waals surface area contributed by atoms with E-state index in [0.717, 1.165) is 12.1 Å². The fraction of sp³-hybridized carbons (Fsp3) is 0.286. The molecule has 0 aliphatic rings. The molecule has 5 nitrogen and oxygen atoms in total. The number of carbonyl (C=O) groups excluding carboxylic acids is 1. The maximum atomic E-state index is 13.6. The lowest BCUT2D eigenvalue weighted by atomic mass is 10.1. The molecule has 1 heterocycles. The first-order chi connectivity index (χ1) is 10.1. The highest BCUT2D eigenvalue weighted by Gasteiger charge is 2.13. The minimum Gasteiger partial charge on any atom is -0.383 e. The molecule has 0 atom stereocenters. The monoisotopic (exact) mass is 294 g/mol. The van der Waals surface area contributed by atoms with Gasteiger partial charge in [-0.3, -0.25) is 4.79 Å². The van der Waals surface area contributed by atoms with Gasteiger partial charge in [-0.25, -0.2) is 13.8 Å². The summed E-state index contributed by atoms with van der Waals surface area (Å²) in [6.45, 7) is 1.12. The second-order valence-electron chi connectivity index (χ2n) is 4.47. The Morgan fingerprint density at radius 3 is 2.62 bits per heavy atom. The molecule has 2 aromatic rings. The molecule has 0 aliphatic carbocycles. The Hall–Kier alpha value is -2.44. The predicted octanol–water partition coefficient (Wildman–Crippen LogP) is 2.02. The Kier molecular flexibility index (Phi) is 4.86. The van der Waals surface area contributed by atoms with E-state index < -0.39 is 17.5 Å². The molecule has 112 valence electrons. The number of hydrogen-bond donors (Lipinski definition) is 2. The molecule has 0 radical (unpaired) electrons. The average molecular weight is 294 g/mol. The van der Waals surface area contributed by atoms with Crippen LogP contribution >= 0.6 is 0 Å². The largest absolute Gasteiger partial charge is 0.383 e. The highest BCUT2D eigenvalue weighted by molar-refractivity contribution is 5.94. The number of nitrogens with zero attached hydrogens (tertiary/aromatic N) is 2. The van der Waals surface area contributed by atoms with Gasteiger partial charge in [0.25, 0.3) is 5.91 Å². The first kappa shape index (κ1) is 15.0. The standard InChI is InChI=1S/C14H16F2N4O/c1-17-13-11(15)7-10(8-12(13)16)14(21)19-3-2-5-20-6-4-18-9-20/h4,6-9,17H,2-3,5H2,1H3,(H,19,21). The minimum atomic E-state index is -0.791. The SMILES string of the molecule is CNc1c(F)cc(C(=O)NCCCn2ccnc2)cc1F. The summed E-state index contributed by atoms with van der Waals surface area (Å²) in [5, 5.41) is 5.03. The molecule has 0 unspecified atom stereocenters. The van der Waals surface area contributed by atoms with Gasteiger partial charge in [0, 0.05) is 38.1 Å². The first-order valence-corrected chi connectivity index (χ1v) is 6.52. The van der Waals surface area contributed by atoms with Crippen LogP contribution in [0.4, 0.5) is 14.5 Å². The molecule has 0 saturated carbocycles. The molecular formula is C14H16F2N4O. The van der Waals surface area contributed by atoms with Crippen molar-refractivity contribution in [3.05, 3.63) is 48.1 Å². The number of anilines is 1. The van der Waals surface area contributed by atoms with Crippen LogP contribution in [0.2, 0.25) is 0 Å². The lowest BCUT2D eigenvalue weighted by Crippen LogP contribution is -2.25. The molecule has 0 bridgehead atoms. The number of hydrogen-bond acceptors (Lipinski definition) is 3. The Balaban J connectivity index is 1.88. The van der Waals surface area contributed by atoms with Crippen molar-refractivity contribution in [3.8, 4) is 0 Å². The number of benzene rings is 1. The van der Waals surface area contributed by atoms with E-state index in [4.69, 9.17) is 0 Å². The zero-order valence-corrected chi connectivity index (χ0v) is 11.6. The van der Waals surface area contributed by atoms with E-state index in [2.05, 4.69) is 15.6 Å². The van der Waals surface area contributed by atoms with E-state index in [-0.39, 0.29) is 11.3 Å². The third-order valence-electron chi connectivity index (χ3n) is 2.99. The molecule has 21 heavy (non-hydrogen) atoms. The van der Waals surface area contributed by atoms with Gasteiger partial charge in [0.1, 0.15) is 17.3 Å². The Morgan fingerprint density at radius 1 is 1.33 bits per heavy atom. The number of aromatic nitrogens is 2. The lowest BCUT2D eigenvalue weighted by Gasteiger charge is -2.08. The molecule has 0 aliphatic heterocycles. The Bertz CT molecular complexity index is 590. The molecule has 1 aromatic heterocycles. The van der Waals surface area contributed by atoms with Crippen LogP contribution in [-0.2, 0) is 6.54 Å². The van der Waals surface area contributed by atoms with Gasteiger partial charge in [-0.2, -0.15) is 0 Å². The van der Waals surface area contributed by atoms with E-state index in [1.807, 2.05) is 10.8 Å². The summed E-state index contributed by atoms with van der Waals surface area (Å²) in [5.41, 5.74) is -0.279. The summed E-state index contributed by atoms with van der Waals surface area (Å²) in [5.74, 6) is -2.08. The number of rotatable bonds is 6. The van der Waals surface area contributed by atoms with Crippen molar-refractivity contribution in [2.45, 2.75) is 13.0 Å². The second kappa shape index (κ2) is 6.83. The second-order valence-corrected chi connectivity index (χ2v) is 4.47. The summed E-state index contributed by atoms with van der Waals surface area (Å²) >= 11 is 0. The predicted molar refractivity (Wildman–Crippen MR) is 75.1 cm³/mol.